The van der Waals surface area contributed by atoms with Crippen LogP contribution in [-0.2, 0) is 6.42 Å². The number of nitrogens with zero attached hydrogens (tertiary/aromatic N) is 2. The van der Waals surface area contributed by atoms with Crippen LogP contribution in [0.15, 0.2) is 78.9 Å². The Kier molecular flexibility index (Phi) is 7.85. The van der Waals surface area contributed by atoms with E-state index in [1.807, 2.05) is 41.3 Å². The Labute approximate surface area is 270 Å². The van der Waals surface area contributed by atoms with Gasteiger partial charge >= 0.3 is 0 Å². The highest BCUT2D eigenvalue weighted by atomic mass is 19.1. The molecule has 8 bridgehead atoms. The molecule has 0 radical (unpaired) electrons. The van der Waals surface area contributed by atoms with Crippen LogP contribution in [0.4, 0.5) is 4.39 Å². The number of aryl methyl sites for hydroxylation is 1. The molecule has 0 saturated heterocycles. The fraction of sp³-hybridized carbons (Fsp3) is 0.216. The number of fused-ring (bicyclic) bond motifs is 7. The summed E-state index contributed by atoms with van der Waals surface area (Å²) in [4.78, 5) is 33.7. The predicted octanol–water partition coefficient (Wildman–Crippen LogP) is 6.49. The number of halogens is 1. The lowest BCUT2D eigenvalue weighted by Crippen LogP contribution is -2.40. The van der Waals surface area contributed by atoms with Crippen molar-refractivity contribution in [3.8, 4) is 28.7 Å². The number of carbonyl (C=O) groups is 2. The topological polar surface area (TPSA) is 110 Å². The predicted molar refractivity (Wildman–Crippen MR) is 173 cm³/mol. The molecule has 1 atom stereocenters. The summed E-state index contributed by atoms with van der Waals surface area (Å²) in [6.07, 6.45) is 1.04. The first-order valence-electron chi connectivity index (χ1n) is 15.4. The van der Waals surface area contributed by atoms with Crippen molar-refractivity contribution < 1.29 is 33.3 Å². The fourth-order valence-electron chi connectivity index (χ4n) is 6.33. The van der Waals surface area contributed by atoms with Crippen LogP contribution < -0.4 is 19.5 Å². The van der Waals surface area contributed by atoms with Gasteiger partial charge in [0.25, 0.3) is 11.8 Å². The zero-order chi connectivity index (χ0) is 32.7. The van der Waals surface area contributed by atoms with Crippen molar-refractivity contribution in [2.24, 2.45) is 0 Å². The van der Waals surface area contributed by atoms with E-state index in [1.54, 1.807) is 32.2 Å². The van der Waals surface area contributed by atoms with Gasteiger partial charge in [-0.15, -0.1) is 0 Å². The first-order valence-corrected chi connectivity index (χ1v) is 15.4. The second-order valence-electron chi connectivity index (χ2n) is 11.6. The molecular formula is C37H32FN3O6. The number of pyridine rings is 1. The maximum atomic E-state index is 14.5. The van der Waals surface area contributed by atoms with Crippen molar-refractivity contribution in [2.45, 2.75) is 25.8 Å². The minimum atomic E-state index is -0.490. The number of aromatic nitrogens is 1. The Morgan fingerprint density at radius 1 is 1.04 bits per heavy atom. The van der Waals surface area contributed by atoms with Gasteiger partial charge in [-0.3, -0.25) is 14.6 Å². The molecule has 8 rings (SSSR count). The highest BCUT2D eigenvalue weighted by Gasteiger charge is 2.34. The summed E-state index contributed by atoms with van der Waals surface area (Å²) in [5, 5.41) is 13.8. The van der Waals surface area contributed by atoms with Gasteiger partial charge in [0.05, 0.1) is 36.4 Å². The van der Waals surface area contributed by atoms with Gasteiger partial charge in [0.15, 0.2) is 11.5 Å². The normalized spacial score (nSPS) is 16.0. The second kappa shape index (κ2) is 12.3. The Hall–Kier alpha value is -5.64. The van der Waals surface area contributed by atoms with E-state index in [1.165, 1.54) is 24.3 Å². The number of phenols is 1. The van der Waals surface area contributed by atoms with Crippen LogP contribution in [0.3, 0.4) is 0 Å². The molecule has 3 aliphatic heterocycles. The van der Waals surface area contributed by atoms with Gasteiger partial charge < -0.3 is 29.5 Å². The number of hydrogen-bond donors (Lipinski definition) is 2. The van der Waals surface area contributed by atoms with Gasteiger partial charge in [-0.2, -0.15) is 0 Å². The van der Waals surface area contributed by atoms with Crippen LogP contribution in [0.2, 0.25) is 0 Å². The average molecular weight is 634 g/mol. The smallest absolute Gasteiger partial charge is 0.255 e. The van der Waals surface area contributed by atoms with Crippen LogP contribution >= 0.6 is 0 Å². The molecule has 47 heavy (non-hydrogen) atoms. The minimum absolute atomic E-state index is 0.104. The van der Waals surface area contributed by atoms with Crippen LogP contribution in [-0.4, -0.2) is 53.6 Å². The van der Waals surface area contributed by atoms with Gasteiger partial charge in [0, 0.05) is 30.2 Å². The van der Waals surface area contributed by atoms with Crippen LogP contribution in [0.5, 0.6) is 28.7 Å². The van der Waals surface area contributed by atoms with Gasteiger partial charge in [0.2, 0.25) is 0 Å². The number of methoxy groups -OCH3 is 1. The maximum absolute atomic E-state index is 14.5. The lowest BCUT2D eigenvalue weighted by molar-refractivity contribution is 0.0695. The number of hydrogen-bond acceptors (Lipinski definition) is 7. The molecule has 9 nitrogen and oxygen atoms in total. The van der Waals surface area contributed by atoms with E-state index in [9.17, 15) is 19.1 Å². The zero-order valence-electron chi connectivity index (χ0n) is 25.9. The van der Waals surface area contributed by atoms with E-state index in [-0.39, 0.29) is 23.8 Å². The monoisotopic (exact) mass is 633 g/mol. The van der Waals surface area contributed by atoms with Gasteiger partial charge in [-0.1, -0.05) is 12.1 Å². The van der Waals surface area contributed by atoms with Crippen molar-refractivity contribution in [1.29, 1.82) is 0 Å². The lowest BCUT2D eigenvalue weighted by atomic mass is 9.87. The molecule has 4 heterocycles. The fourth-order valence-corrected chi connectivity index (χ4v) is 6.33. The molecule has 238 valence electrons. The molecule has 1 aromatic heterocycles. The molecule has 2 amide bonds. The summed E-state index contributed by atoms with van der Waals surface area (Å²) in [6, 6.07) is 21.5. The van der Waals surface area contributed by atoms with Crippen molar-refractivity contribution in [2.75, 3.05) is 26.8 Å². The van der Waals surface area contributed by atoms with Crippen LogP contribution in [0.25, 0.3) is 10.9 Å². The molecule has 0 spiro atoms. The van der Waals surface area contributed by atoms with Crippen molar-refractivity contribution in [1.82, 2.24) is 15.2 Å². The number of amides is 2. The van der Waals surface area contributed by atoms with Crippen LogP contribution in [0, 0.1) is 12.7 Å². The van der Waals surface area contributed by atoms with Crippen molar-refractivity contribution in [3.05, 3.63) is 118 Å². The molecule has 3 aliphatic rings. The third-order valence-electron chi connectivity index (χ3n) is 8.55. The van der Waals surface area contributed by atoms with Crippen molar-refractivity contribution in [3.63, 3.8) is 0 Å². The lowest BCUT2D eigenvalue weighted by Gasteiger charge is -2.38. The van der Waals surface area contributed by atoms with E-state index in [4.69, 9.17) is 14.2 Å². The third kappa shape index (κ3) is 5.78. The summed E-state index contributed by atoms with van der Waals surface area (Å²) in [5.74, 6) is 0.800. The molecule has 0 saturated carbocycles. The largest absolute Gasteiger partial charge is 0.507 e. The van der Waals surface area contributed by atoms with E-state index < -0.39 is 17.8 Å². The SMILES string of the molecule is COc1ccc2cc1OCCCNC(=O)c1cc(ccc1O)Oc1ccc3c(c1)CCN(C(=O)c1cc(C)nc4cc(F)ccc14)C23. The maximum Gasteiger partial charge on any atom is 0.255 e. The third-order valence-corrected chi connectivity index (χ3v) is 8.55. The molecular weight excluding hydrogens is 601 g/mol. The Morgan fingerprint density at radius 3 is 2.72 bits per heavy atom. The molecule has 2 N–H and O–H groups in total. The number of carbonyl (C=O) groups excluding carboxylic acids is 2. The number of nitrogens with one attached hydrogen (secondary N) is 1. The quantitative estimate of drug-likeness (QED) is 0.229. The summed E-state index contributed by atoms with van der Waals surface area (Å²) in [7, 11) is 1.56. The van der Waals surface area contributed by atoms with E-state index in [0.29, 0.717) is 71.1 Å². The number of phenolic OH excluding ortho intramolecular Hbond substituents is 1. The van der Waals surface area contributed by atoms with Gasteiger partial charge in [-0.05, 0) is 97.1 Å². The Morgan fingerprint density at radius 2 is 1.87 bits per heavy atom. The molecule has 0 fully saturated rings. The highest BCUT2D eigenvalue weighted by Crippen LogP contribution is 2.42. The summed E-state index contributed by atoms with van der Waals surface area (Å²) in [6.45, 7) is 2.78. The number of ether oxygens (including phenoxy) is 3. The summed E-state index contributed by atoms with van der Waals surface area (Å²) < 4.78 is 32.1. The number of benzene rings is 4. The average Bonchev–Trinajstić information content (AvgIpc) is 3.07. The van der Waals surface area contributed by atoms with E-state index in [0.717, 1.165) is 16.7 Å². The minimum Gasteiger partial charge on any atom is -0.507 e. The zero-order valence-corrected chi connectivity index (χ0v) is 25.9. The summed E-state index contributed by atoms with van der Waals surface area (Å²) in [5.41, 5.74) is 4.32. The first kappa shape index (κ1) is 30.0. The highest BCUT2D eigenvalue weighted by molar-refractivity contribution is 6.06. The van der Waals surface area contributed by atoms with Crippen molar-refractivity contribution >= 4 is 22.7 Å². The van der Waals surface area contributed by atoms with Crippen LogP contribution in [0.1, 0.15) is 55.6 Å². The summed E-state index contributed by atoms with van der Waals surface area (Å²) >= 11 is 0. The van der Waals surface area contributed by atoms with E-state index >= 15 is 0 Å². The van der Waals surface area contributed by atoms with Gasteiger partial charge in [0.1, 0.15) is 23.1 Å². The molecule has 10 heteroatoms. The molecule has 1 unspecified atom stereocenters. The first-order chi connectivity index (χ1) is 22.8. The molecule has 4 aromatic carbocycles. The molecule has 5 aromatic rings. The van der Waals surface area contributed by atoms with E-state index in [2.05, 4.69) is 10.3 Å². The number of rotatable bonds is 2. The Balaban J connectivity index is 1.36. The Bertz CT molecular complexity index is 2040. The van der Waals surface area contributed by atoms with Gasteiger partial charge in [-0.25, -0.2) is 4.39 Å². The second-order valence-corrected chi connectivity index (χ2v) is 11.6. The molecule has 0 aliphatic carbocycles. The number of aromatic hydroxyl groups is 1. The standard InChI is InChI=1S/C37H32FN3O6/c1-21-16-29(28-8-5-24(38)19-31(28)40-21)37(44)41-14-12-22-17-25-6-9-27(22)35(41)23-4-11-33(45-2)34(18-23)46-15-3-13-39-36(43)30-20-26(47-25)7-10-32(30)42/h4-11,16-20,35,42H,3,12-15H2,1-2H3,(H,39,43).